The number of rotatable bonds is 5. The summed E-state index contributed by atoms with van der Waals surface area (Å²) in [4.78, 5) is 20.3. The molecular formula is C15H15N3O5S. The summed E-state index contributed by atoms with van der Waals surface area (Å²) < 4.78 is 15.3. The van der Waals surface area contributed by atoms with Crippen LogP contribution in [-0.2, 0) is 11.0 Å². The molecule has 0 radical (unpaired) electrons. The lowest BCUT2D eigenvalue weighted by atomic mass is 10.1. The maximum Gasteiger partial charge on any atom is 0.294 e. The molecule has 0 aromatic heterocycles. The molecule has 2 aromatic rings. The monoisotopic (exact) mass is 349 g/mol. The molecule has 0 aliphatic carbocycles. The lowest BCUT2D eigenvalue weighted by Crippen LogP contribution is -2.10. The molecule has 0 spiro atoms. The van der Waals surface area contributed by atoms with Gasteiger partial charge in [0, 0.05) is 6.07 Å². The number of aryl methyl sites for hydroxylation is 3. The van der Waals surface area contributed by atoms with Crippen LogP contribution in [0.2, 0.25) is 0 Å². The Morgan fingerprint density at radius 3 is 2.04 bits per heavy atom. The van der Waals surface area contributed by atoms with E-state index in [0.717, 1.165) is 34.9 Å². The molecule has 1 atom stereocenters. The molecule has 2 rings (SSSR count). The van der Waals surface area contributed by atoms with Crippen molar-refractivity contribution in [2.75, 3.05) is 4.72 Å². The fourth-order valence-corrected chi connectivity index (χ4v) is 3.54. The molecule has 1 unspecified atom stereocenters. The minimum Gasteiger partial charge on any atom is -0.300 e. The zero-order valence-corrected chi connectivity index (χ0v) is 14.0. The molecule has 24 heavy (non-hydrogen) atoms. The number of nitro groups is 2. The molecule has 126 valence electrons. The van der Waals surface area contributed by atoms with Crippen molar-refractivity contribution in [2.24, 2.45) is 0 Å². The van der Waals surface area contributed by atoms with Gasteiger partial charge in [0.15, 0.2) is 11.0 Å². The van der Waals surface area contributed by atoms with Gasteiger partial charge < -0.3 is 4.72 Å². The topological polar surface area (TPSA) is 115 Å². The quantitative estimate of drug-likeness (QED) is 0.654. The summed E-state index contributed by atoms with van der Waals surface area (Å²) in [5.41, 5.74) is 2.38. The molecule has 0 saturated heterocycles. The van der Waals surface area contributed by atoms with Crippen LogP contribution in [0.3, 0.4) is 0 Å². The fraction of sp³-hybridized carbons (Fsp3) is 0.200. The minimum atomic E-state index is -1.93. The highest BCUT2D eigenvalue weighted by atomic mass is 32.2. The smallest absolute Gasteiger partial charge is 0.294 e. The number of benzene rings is 2. The predicted molar refractivity (Wildman–Crippen MR) is 90.4 cm³/mol. The van der Waals surface area contributed by atoms with Crippen LogP contribution in [0.5, 0.6) is 0 Å². The normalized spacial score (nSPS) is 11.8. The van der Waals surface area contributed by atoms with Crippen LogP contribution in [0.15, 0.2) is 35.2 Å². The van der Waals surface area contributed by atoms with Crippen LogP contribution in [0.1, 0.15) is 16.7 Å². The van der Waals surface area contributed by atoms with E-state index in [-0.39, 0.29) is 4.90 Å². The second-order valence-corrected chi connectivity index (χ2v) is 6.49. The molecular weight excluding hydrogens is 334 g/mol. The van der Waals surface area contributed by atoms with Crippen molar-refractivity contribution in [3.8, 4) is 0 Å². The molecule has 0 aliphatic rings. The first-order valence-electron chi connectivity index (χ1n) is 6.90. The van der Waals surface area contributed by atoms with Gasteiger partial charge in [0.1, 0.15) is 4.90 Å². The maximum absolute atomic E-state index is 12.5. The first kappa shape index (κ1) is 17.5. The number of non-ortho nitro benzene ring substituents is 1. The Morgan fingerprint density at radius 1 is 0.958 bits per heavy atom. The SMILES string of the molecule is Cc1cc(C)c(NS(=O)c2ccc([N+](=O)[O-])cc2[N+](=O)[O-])c(C)c1. The summed E-state index contributed by atoms with van der Waals surface area (Å²) in [6, 6.07) is 6.84. The van der Waals surface area contributed by atoms with Crippen LogP contribution < -0.4 is 4.72 Å². The summed E-state index contributed by atoms with van der Waals surface area (Å²) in [5.74, 6) is 0. The van der Waals surface area contributed by atoms with E-state index in [2.05, 4.69) is 4.72 Å². The van der Waals surface area contributed by atoms with Gasteiger partial charge in [-0.2, -0.15) is 0 Å². The molecule has 0 heterocycles. The highest BCUT2D eigenvalue weighted by molar-refractivity contribution is 7.86. The molecule has 2 aromatic carbocycles. The third-order valence-electron chi connectivity index (χ3n) is 3.42. The molecule has 0 fully saturated rings. The summed E-state index contributed by atoms with van der Waals surface area (Å²) >= 11 is 0. The van der Waals surface area contributed by atoms with Gasteiger partial charge in [-0.05, 0) is 38.0 Å². The van der Waals surface area contributed by atoms with E-state index < -0.39 is 32.2 Å². The summed E-state index contributed by atoms with van der Waals surface area (Å²) in [5, 5.41) is 21.9. The summed E-state index contributed by atoms with van der Waals surface area (Å²) in [6.45, 7) is 5.61. The molecule has 9 heteroatoms. The molecule has 0 aliphatic heterocycles. The Labute approximate surface area is 140 Å². The van der Waals surface area contributed by atoms with Gasteiger partial charge in [0.05, 0.1) is 21.6 Å². The van der Waals surface area contributed by atoms with Crippen LogP contribution in [0.4, 0.5) is 17.1 Å². The lowest BCUT2D eigenvalue weighted by molar-refractivity contribution is -0.396. The van der Waals surface area contributed by atoms with Crippen molar-refractivity contribution in [1.82, 2.24) is 0 Å². The van der Waals surface area contributed by atoms with Gasteiger partial charge >= 0.3 is 0 Å². The van der Waals surface area contributed by atoms with Crippen molar-refractivity contribution < 1.29 is 14.1 Å². The van der Waals surface area contributed by atoms with Gasteiger partial charge in [-0.1, -0.05) is 17.7 Å². The second-order valence-electron chi connectivity index (χ2n) is 5.31. The Hall–Kier alpha value is -2.81. The van der Waals surface area contributed by atoms with E-state index in [0.29, 0.717) is 5.69 Å². The van der Waals surface area contributed by atoms with Crippen LogP contribution in [0.25, 0.3) is 0 Å². The first-order valence-corrected chi connectivity index (χ1v) is 8.04. The largest absolute Gasteiger partial charge is 0.300 e. The van der Waals surface area contributed by atoms with E-state index in [1.54, 1.807) is 0 Å². The zero-order chi connectivity index (χ0) is 18.0. The Bertz CT molecular complexity index is 843. The molecule has 0 amide bonds. The Balaban J connectivity index is 2.44. The maximum atomic E-state index is 12.5. The molecule has 0 saturated carbocycles. The number of nitro benzene ring substituents is 2. The van der Waals surface area contributed by atoms with Crippen LogP contribution in [0, 0.1) is 41.0 Å². The molecule has 0 bridgehead atoms. The second kappa shape index (κ2) is 6.75. The number of nitrogens with zero attached hydrogens (tertiary/aromatic N) is 2. The molecule has 1 N–H and O–H groups in total. The number of anilines is 1. The molecule has 8 nitrogen and oxygen atoms in total. The Morgan fingerprint density at radius 2 is 1.54 bits per heavy atom. The summed E-state index contributed by atoms with van der Waals surface area (Å²) in [7, 11) is -1.93. The number of nitrogens with one attached hydrogen (secondary N) is 1. The predicted octanol–water partition coefficient (Wildman–Crippen LogP) is 3.56. The van der Waals surface area contributed by atoms with Gasteiger partial charge in [0.25, 0.3) is 11.4 Å². The van der Waals surface area contributed by atoms with Crippen LogP contribution >= 0.6 is 0 Å². The first-order chi connectivity index (χ1) is 11.2. The number of hydrogen-bond donors (Lipinski definition) is 1. The lowest BCUT2D eigenvalue weighted by Gasteiger charge is -2.13. The van der Waals surface area contributed by atoms with E-state index in [1.165, 1.54) is 0 Å². The van der Waals surface area contributed by atoms with E-state index in [1.807, 2.05) is 32.9 Å². The number of hydrogen-bond acceptors (Lipinski definition) is 5. The zero-order valence-electron chi connectivity index (χ0n) is 13.2. The van der Waals surface area contributed by atoms with E-state index in [9.17, 15) is 24.4 Å². The van der Waals surface area contributed by atoms with Crippen molar-refractivity contribution in [3.05, 3.63) is 67.3 Å². The minimum absolute atomic E-state index is 0.120. The van der Waals surface area contributed by atoms with Crippen molar-refractivity contribution in [2.45, 2.75) is 25.7 Å². The third-order valence-corrected chi connectivity index (χ3v) is 4.56. The van der Waals surface area contributed by atoms with Gasteiger partial charge in [-0.15, -0.1) is 0 Å². The third kappa shape index (κ3) is 3.57. The standard InChI is InChI=1S/C15H15N3O5S/c1-9-6-10(2)15(11(3)7-9)16-24(23)14-5-4-12(17(19)20)8-13(14)18(21)22/h4-8,16H,1-3H3. The van der Waals surface area contributed by atoms with Gasteiger partial charge in [-0.3, -0.25) is 20.2 Å². The van der Waals surface area contributed by atoms with Crippen molar-refractivity contribution in [3.63, 3.8) is 0 Å². The van der Waals surface area contributed by atoms with Gasteiger partial charge in [-0.25, -0.2) is 4.21 Å². The Kier molecular flexibility index (Phi) is 4.93. The van der Waals surface area contributed by atoms with Gasteiger partial charge in [0.2, 0.25) is 0 Å². The summed E-state index contributed by atoms with van der Waals surface area (Å²) in [6.07, 6.45) is 0. The van der Waals surface area contributed by atoms with Crippen molar-refractivity contribution >= 4 is 28.0 Å². The average Bonchev–Trinajstić information content (AvgIpc) is 2.49. The van der Waals surface area contributed by atoms with E-state index >= 15 is 0 Å². The van der Waals surface area contributed by atoms with Crippen LogP contribution in [-0.4, -0.2) is 14.1 Å². The fourth-order valence-electron chi connectivity index (χ4n) is 2.41. The van der Waals surface area contributed by atoms with E-state index in [4.69, 9.17) is 0 Å². The average molecular weight is 349 g/mol. The highest BCUT2D eigenvalue weighted by Crippen LogP contribution is 2.29. The highest BCUT2D eigenvalue weighted by Gasteiger charge is 2.24. The van der Waals surface area contributed by atoms with Crippen molar-refractivity contribution in [1.29, 1.82) is 0 Å².